The first kappa shape index (κ1) is 15.7. The van der Waals surface area contributed by atoms with E-state index >= 15 is 0 Å². The van der Waals surface area contributed by atoms with Crippen LogP contribution >= 0.6 is 0 Å². The molecule has 0 aliphatic carbocycles. The molecule has 2 aromatic rings. The zero-order valence-corrected chi connectivity index (χ0v) is 13.9. The highest BCUT2D eigenvalue weighted by Crippen LogP contribution is 2.24. The second-order valence-corrected chi connectivity index (χ2v) is 6.24. The van der Waals surface area contributed by atoms with Crippen LogP contribution in [0.5, 0.6) is 0 Å². The van der Waals surface area contributed by atoms with Crippen molar-refractivity contribution in [3.8, 4) is 0 Å². The maximum Gasteiger partial charge on any atom is 0.254 e. The molecule has 1 amide bonds. The molecule has 0 bridgehead atoms. The maximum absolute atomic E-state index is 12.8. The summed E-state index contributed by atoms with van der Waals surface area (Å²) < 4.78 is 2.07. The Morgan fingerprint density at radius 1 is 1.39 bits per heavy atom. The van der Waals surface area contributed by atoms with Crippen LogP contribution in [0.3, 0.4) is 0 Å². The molecule has 1 fully saturated rings. The third kappa shape index (κ3) is 3.44. The lowest BCUT2D eigenvalue weighted by Gasteiger charge is -2.25. The minimum absolute atomic E-state index is 0.160. The lowest BCUT2D eigenvalue weighted by Crippen LogP contribution is -2.36. The van der Waals surface area contributed by atoms with E-state index in [1.807, 2.05) is 36.1 Å². The summed E-state index contributed by atoms with van der Waals surface area (Å²) in [6, 6.07) is 8.18. The van der Waals surface area contributed by atoms with Gasteiger partial charge in [0.1, 0.15) is 12.2 Å². The molecular formula is C18H24N4O. The molecule has 0 N–H and O–H groups in total. The van der Waals surface area contributed by atoms with Gasteiger partial charge in [-0.25, -0.2) is 0 Å². The van der Waals surface area contributed by atoms with Crippen molar-refractivity contribution in [3.05, 3.63) is 47.5 Å². The normalized spacial score (nSPS) is 17.7. The van der Waals surface area contributed by atoms with Crippen LogP contribution in [0, 0.1) is 6.92 Å². The van der Waals surface area contributed by atoms with Crippen molar-refractivity contribution in [2.45, 2.75) is 52.1 Å². The predicted octanol–water partition coefficient (Wildman–Crippen LogP) is 2.84. The summed E-state index contributed by atoms with van der Waals surface area (Å²) in [5, 5.41) is 8.18. The topological polar surface area (TPSA) is 51.0 Å². The van der Waals surface area contributed by atoms with Crippen LogP contribution in [0.1, 0.15) is 47.9 Å². The molecule has 0 spiro atoms. The minimum Gasteiger partial charge on any atom is -0.336 e. The van der Waals surface area contributed by atoms with Crippen LogP contribution in [0.2, 0.25) is 0 Å². The zero-order valence-electron chi connectivity index (χ0n) is 13.9. The van der Waals surface area contributed by atoms with Crippen molar-refractivity contribution < 1.29 is 4.79 Å². The maximum atomic E-state index is 12.8. The summed E-state index contributed by atoms with van der Waals surface area (Å²) in [5.41, 5.74) is 1.93. The zero-order chi connectivity index (χ0) is 16.2. The second-order valence-electron chi connectivity index (χ2n) is 6.24. The van der Waals surface area contributed by atoms with E-state index in [2.05, 4.69) is 21.7 Å². The molecule has 5 heteroatoms. The van der Waals surface area contributed by atoms with Crippen LogP contribution in [0.25, 0.3) is 0 Å². The van der Waals surface area contributed by atoms with E-state index in [4.69, 9.17) is 0 Å². The van der Waals surface area contributed by atoms with Gasteiger partial charge in [0.25, 0.3) is 5.91 Å². The Morgan fingerprint density at radius 3 is 3.04 bits per heavy atom. The van der Waals surface area contributed by atoms with Crippen molar-refractivity contribution in [2.75, 3.05) is 6.54 Å². The lowest BCUT2D eigenvalue weighted by molar-refractivity contribution is 0.0730. The number of carbonyl (C=O) groups excluding carboxylic acids is 1. The third-order valence-corrected chi connectivity index (χ3v) is 4.64. The quantitative estimate of drug-likeness (QED) is 0.853. The monoisotopic (exact) mass is 312 g/mol. The first-order chi connectivity index (χ1) is 11.2. The Kier molecular flexibility index (Phi) is 4.74. The molecule has 5 nitrogen and oxygen atoms in total. The third-order valence-electron chi connectivity index (χ3n) is 4.64. The second kappa shape index (κ2) is 6.94. The molecule has 2 heterocycles. The number of amides is 1. The molecule has 3 rings (SSSR count). The Morgan fingerprint density at radius 2 is 2.26 bits per heavy atom. The molecule has 1 aliphatic heterocycles. The Bertz CT molecular complexity index is 679. The van der Waals surface area contributed by atoms with Gasteiger partial charge in [0.05, 0.1) is 0 Å². The van der Waals surface area contributed by atoms with E-state index in [1.54, 1.807) is 6.33 Å². The number of hydrogen-bond acceptors (Lipinski definition) is 3. The Balaban J connectivity index is 1.67. The number of nitrogens with zero attached hydrogens (tertiary/aromatic N) is 4. The highest BCUT2D eigenvalue weighted by molar-refractivity contribution is 5.94. The fourth-order valence-corrected chi connectivity index (χ4v) is 3.38. The largest absolute Gasteiger partial charge is 0.336 e. The smallest absolute Gasteiger partial charge is 0.254 e. The number of rotatable bonds is 5. The van der Waals surface area contributed by atoms with Gasteiger partial charge in [-0.2, -0.15) is 0 Å². The number of hydrogen-bond donors (Lipinski definition) is 0. The molecule has 0 radical (unpaired) electrons. The van der Waals surface area contributed by atoms with Gasteiger partial charge in [-0.3, -0.25) is 4.79 Å². The summed E-state index contributed by atoms with van der Waals surface area (Å²) in [4.78, 5) is 14.8. The molecule has 1 unspecified atom stereocenters. The number of benzene rings is 1. The van der Waals surface area contributed by atoms with Crippen molar-refractivity contribution >= 4 is 5.91 Å². The van der Waals surface area contributed by atoms with Gasteiger partial charge in [0, 0.05) is 31.1 Å². The standard InChI is InChI=1S/C18H24N4O/c1-3-21-13-19-20-17(21)10-9-16-8-5-11-22(16)18(23)15-7-4-6-14(2)12-15/h4,6-7,12-13,16H,3,5,8-11H2,1-2H3. The molecule has 122 valence electrons. The SMILES string of the molecule is CCn1cnnc1CCC1CCCN1C(=O)c1cccc(C)c1. The van der Waals surface area contributed by atoms with E-state index in [0.29, 0.717) is 6.04 Å². The van der Waals surface area contributed by atoms with Gasteiger partial charge >= 0.3 is 0 Å². The lowest BCUT2D eigenvalue weighted by atomic mass is 10.1. The summed E-state index contributed by atoms with van der Waals surface area (Å²) >= 11 is 0. The van der Waals surface area contributed by atoms with Crippen LogP contribution < -0.4 is 0 Å². The molecule has 23 heavy (non-hydrogen) atoms. The molecule has 1 aromatic heterocycles. The molecular weight excluding hydrogens is 288 g/mol. The molecule has 1 saturated heterocycles. The predicted molar refractivity (Wildman–Crippen MR) is 89.3 cm³/mol. The van der Waals surface area contributed by atoms with E-state index in [1.165, 1.54) is 0 Å². The summed E-state index contributed by atoms with van der Waals surface area (Å²) in [6.07, 6.45) is 5.77. The van der Waals surface area contributed by atoms with Crippen molar-refractivity contribution in [2.24, 2.45) is 0 Å². The molecule has 0 saturated carbocycles. The highest BCUT2D eigenvalue weighted by atomic mass is 16.2. The first-order valence-corrected chi connectivity index (χ1v) is 8.43. The van der Waals surface area contributed by atoms with Crippen molar-refractivity contribution in [1.82, 2.24) is 19.7 Å². The Labute approximate surface area is 137 Å². The molecule has 1 aromatic carbocycles. The van der Waals surface area contributed by atoms with E-state index < -0.39 is 0 Å². The number of carbonyl (C=O) groups is 1. The van der Waals surface area contributed by atoms with Crippen LogP contribution in [0.15, 0.2) is 30.6 Å². The van der Waals surface area contributed by atoms with Gasteiger partial charge in [-0.1, -0.05) is 17.7 Å². The number of aromatic nitrogens is 3. The fourth-order valence-electron chi connectivity index (χ4n) is 3.38. The van der Waals surface area contributed by atoms with E-state index in [-0.39, 0.29) is 5.91 Å². The van der Waals surface area contributed by atoms with Crippen LogP contribution in [0.4, 0.5) is 0 Å². The van der Waals surface area contributed by atoms with Gasteiger partial charge < -0.3 is 9.47 Å². The van der Waals surface area contributed by atoms with Gasteiger partial charge in [0.15, 0.2) is 0 Å². The van der Waals surface area contributed by atoms with Gasteiger partial charge in [-0.05, 0) is 45.2 Å². The van der Waals surface area contributed by atoms with Crippen LogP contribution in [-0.4, -0.2) is 38.2 Å². The van der Waals surface area contributed by atoms with Gasteiger partial charge in [-0.15, -0.1) is 10.2 Å². The average molecular weight is 312 g/mol. The summed E-state index contributed by atoms with van der Waals surface area (Å²) in [7, 11) is 0. The highest BCUT2D eigenvalue weighted by Gasteiger charge is 2.29. The van der Waals surface area contributed by atoms with Crippen LogP contribution in [-0.2, 0) is 13.0 Å². The minimum atomic E-state index is 0.160. The van der Waals surface area contributed by atoms with E-state index in [0.717, 1.165) is 55.7 Å². The van der Waals surface area contributed by atoms with Gasteiger partial charge in [0.2, 0.25) is 0 Å². The van der Waals surface area contributed by atoms with Crippen molar-refractivity contribution in [3.63, 3.8) is 0 Å². The number of likely N-dealkylation sites (tertiary alicyclic amines) is 1. The molecule has 1 aliphatic rings. The average Bonchev–Trinajstić information content (AvgIpc) is 3.20. The van der Waals surface area contributed by atoms with Crippen molar-refractivity contribution in [1.29, 1.82) is 0 Å². The first-order valence-electron chi connectivity index (χ1n) is 8.43. The fraction of sp³-hybridized carbons (Fsp3) is 0.500. The Hall–Kier alpha value is -2.17. The number of aryl methyl sites for hydroxylation is 3. The summed E-state index contributed by atoms with van der Waals surface area (Å²) in [5.74, 6) is 1.18. The molecule has 1 atom stereocenters. The van der Waals surface area contributed by atoms with E-state index in [9.17, 15) is 4.79 Å². The summed E-state index contributed by atoms with van der Waals surface area (Å²) in [6.45, 7) is 5.86.